The molecule has 2 fully saturated rings. The molecule has 1 atom stereocenters. The van der Waals surface area contributed by atoms with Crippen molar-refractivity contribution in [3.63, 3.8) is 0 Å². The van der Waals surface area contributed by atoms with E-state index < -0.39 is 34.5 Å². The lowest BCUT2D eigenvalue weighted by Crippen LogP contribution is -2.56. The normalized spacial score (nSPS) is 17.4. The van der Waals surface area contributed by atoms with Gasteiger partial charge in [0.2, 0.25) is 5.91 Å². The van der Waals surface area contributed by atoms with Crippen molar-refractivity contribution >= 4 is 64.0 Å². The van der Waals surface area contributed by atoms with Crippen LogP contribution in [0.3, 0.4) is 0 Å². The molecule has 2 aliphatic rings. The SMILES string of the molecule is CC(C(=O)O)N(NS(=O)(=O)c1cccs1)C(=O)CNC(=O)C(CCC1CCNCC1)CCC1CCNCC1.Cl.Cl. The monoisotopic (exact) mass is 643 g/mol. The van der Waals surface area contributed by atoms with Gasteiger partial charge in [-0.1, -0.05) is 6.07 Å². The van der Waals surface area contributed by atoms with Crippen molar-refractivity contribution in [2.75, 3.05) is 32.7 Å². The highest BCUT2D eigenvalue weighted by Crippen LogP contribution is 2.27. The fourth-order valence-electron chi connectivity index (χ4n) is 5.06. The van der Waals surface area contributed by atoms with E-state index in [0.717, 1.165) is 88.9 Å². The molecule has 1 unspecified atom stereocenters. The molecule has 3 heterocycles. The van der Waals surface area contributed by atoms with Gasteiger partial charge in [-0.2, -0.15) is 0 Å². The van der Waals surface area contributed by atoms with Crippen molar-refractivity contribution in [2.24, 2.45) is 17.8 Å². The van der Waals surface area contributed by atoms with Gasteiger partial charge in [0.15, 0.2) is 0 Å². The van der Waals surface area contributed by atoms with Crippen LogP contribution in [0.1, 0.15) is 58.3 Å². The minimum Gasteiger partial charge on any atom is -0.480 e. The summed E-state index contributed by atoms with van der Waals surface area (Å²) in [6.07, 6.45) is 7.72. The Bertz CT molecular complexity index is 997. The first-order chi connectivity index (χ1) is 18.2. The van der Waals surface area contributed by atoms with E-state index >= 15 is 0 Å². The average Bonchev–Trinajstić information content (AvgIpc) is 3.47. The van der Waals surface area contributed by atoms with Crippen LogP contribution in [0.5, 0.6) is 0 Å². The lowest BCUT2D eigenvalue weighted by molar-refractivity contribution is -0.150. The molecular weight excluding hydrogens is 601 g/mol. The lowest BCUT2D eigenvalue weighted by atomic mass is 9.84. The van der Waals surface area contributed by atoms with Gasteiger partial charge in [0.05, 0.1) is 6.54 Å². The number of amides is 2. The third kappa shape index (κ3) is 11.4. The maximum atomic E-state index is 13.2. The van der Waals surface area contributed by atoms with Gasteiger partial charge in [0.1, 0.15) is 10.3 Å². The van der Waals surface area contributed by atoms with Crippen molar-refractivity contribution < 1.29 is 27.9 Å². The Labute approximate surface area is 253 Å². The number of rotatable bonds is 14. The minimum absolute atomic E-state index is 0. The molecule has 2 saturated heterocycles. The first kappa shape index (κ1) is 36.5. The number of sulfonamides is 1. The zero-order valence-electron chi connectivity index (χ0n) is 22.8. The number of hydrogen-bond acceptors (Lipinski definition) is 8. The summed E-state index contributed by atoms with van der Waals surface area (Å²) in [6.45, 7) is 4.67. The number of hydrogen-bond donors (Lipinski definition) is 5. The minimum atomic E-state index is -4.15. The third-order valence-corrected chi connectivity index (χ3v) is 10.3. The molecule has 0 radical (unpaired) electrons. The van der Waals surface area contributed by atoms with E-state index in [1.807, 2.05) is 0 Å². The molecule has 15 heteroatoms. The first-order valence-corrected chi connectivity index (χ1v) is 15.8. The zero-order chi connectivity index (χ0) is 27.5. The van der Waals surface area contributed by atoms with Crippen LogP contribution < -0.4 is 20.8 Å². The lowest BCUT2D eigenvalue weighted by Gasteiger charge is -2.28. The van der Waals surface area contributed by atoms with Gasteiger partial charge >= 0.3 is 5.97 Å². The van der Waals surface area contributed by atoms with Gasteiger partial charge in [-0.05, 0) is 108 Å². The number of carboxylic acids is 1. The smallest absolute Gasteiger partial charge is 0.327 e. The Hall–Kier alpha value is -1.48. The number of piperidine rings is 2. The highest BCUT2D eigenvalue weighted by Gasteiger charge is 2.32. The molecule has 40 heavy (non-hydrogen) atoms. The molecule has 0 saturated carbocycles. The van der Waals surface area contributed by atoms with E-state index in [-0.39, 0.29) is 40.8 Å². The average molecular weight is 645 g/mol. The van der Waals surface area contributed by atoms with Gasteiger partial charge in [0, 0.05) is 5.92 Å². The van der Waals surface area contributed by atoms with Gasteiger partial charge in [-0.3, -0.25) is 9.59 Å². The summed E-state index contributed by atoms with van der Waals surface area (Å²) >= 11 is 0.947. The van der Waals surface area contributed by atoms with Crippen molar-refractivity contribution in [1.29, 1.82) is 0 Å². The molecule has 0 spiro atoms. The van der Waals surface area contributed by atoms with E-state index in [9.17, 15) is 27.9 Å². The number of carboxylic acid groups (broad SMARTS) is 1. The Morgan fingerprint density at radius 1 is 1.02 bits per heavy atom. The van der Waals surface area contributed by atoms with Gasteiger partial charge < -0.3 is 21.1 Å². The van der Waals surface area contributed by atoms with Crippen LogP contribution >= 0.6 is 36.2 Å². The summed E-state index contributed by atoms with van der Waals surface area (Å²) in [5, 5.41) is 21.0. The van der Waals surface area contributed by atoms with Crippen molar-refractivity contribution in [3.8, 4) is 0 Å². The highest BCUT2D eigenvalue weighted by atomic mass is 35.5. The molecule has 11 nitrogen and oxygen atoms in total. The summed E-state index contributed by atoms with van der Waals surface area (Å²) in [7, 11) is -4.15. The predicted octanol–water partition coefficient (Wildman–Crippen LogP) is 2.38. The molecule has 1 aromatic rings. The number of thiophene rings is 1. The molecule has 0 aromatic carbocycles. The summed E-state index contributed by atoms with van der Waals surface area (Å²) < 4.78 is 25.3. The largest absolute Gasteiger partial charge is 0.480 e. The van der Waals surface area contributed by atoms with Crippen LogP contribution in [0.2, 0.25) is 0 Å². The summed E-state index contributed by atoms with van der Waals surface area (Å²) in [6, 6.07) is 1.43. The molecule has 5 N–H and O–H groups in total. The third-order valence-electron chi connectivity index (χ3n) is 7.54. The number of nitrogens with zero attached hydrogens (tertiary/aromatic N) is 1. The molecule has 1 aromatic heterocycles. The van der Waals surface area contributed by atoms with E-state index in [1.54, 1.807) is 11.4 Å². The van der Waals surface area contributed by atoms with Crippen molar-refractivity contribution in [2.45, 2.75) is 68.5 Å². The Morgan fingerprint density at radius 3 is 2.00 bits per heavy atom. The number of hydrazine groups is 1. The number of aliphatic carboxylic acids is 1. The van der Waals surface area contributed by atoms with E-state index in [0.29, 0.717) is 16.8 Å². The Kier molecular flexibility index (Phi) is 16.6. The molecule has 0 bridgehead atoms. The number of nitrogens with one attached hydrogen (secondary N) is 4. The maximum Gasteiger partial charge on any atom is 0.327 e. The second kappa shape index (κ2) is 18.1. The molecule has 230 valence electrons. The summed E-state index contributed by atoms with van der Waals surface area (Å²) in [5.74, 6) is -1.56. The molecule has 2 amide bonds. The second-order valence-corrected chi connectivity index (χ2v) is 13.1. The highest BCUT2D eigenvalue weighted by molar-refractivity contribution is 7.91. The fraction of sp³-hybridized carbons (Fsp3) is 0.720. The van der Waals surface area contributed by atoms with Crippen LogP contribution in [-0.2, 0) is 24.4 Å². The van der Waals surface area contributed by atoms with Crippen LogP contribution in [0.4, 0.5) is 0 Å². The van der Waals surface area contributed by atoms with E-state index in [1.165, 1.54) is 13.0 Å². The Balaban J connectivity index is 0.00000400. The first-order valence-electron chi connectivity index (χ1n) is 13.5. The molecule has 3 rings (SSSR count). The van der Waals surface area contributed by atoms with E-state index in [4.69, 9.17) is 0 Å². The quantitative estimate of drug-likeness (QED) is 0.193. The van der Waals surface area contributed by atoms with Gasteiger partial charge in [0.25, 0.3) is 15.9 Å². The molecule has 0 aliphatic carbocycles. The van der Waals surface area contributed by atoms with Gasteiger partial charge in [-0.25, -0.2) is 18.2 Å². The second-order valence-electron chi connectivity index (χ2n) is 10.3. The topological polar surface area (TPSA) is 157 Å². The Morgan fingerprint density at radius 2 is 1.55 bits per heavy atom. The summed E-state index contributed by atoms with van der Waals surface area (Å²) in [5.41, 5.74) is 0. The van der Waals surface area contributed by atoms with Crippen molar-refractivity contribution in [1.82, 2.24) is 25.8 Å². The molecule has 2 aliphatic heterocycles. The standard InChI is InChI=1S/C25H41N5O6S2.2ClH/c1-18(25(33)34)30(29-38(35,36)23-3-2-16-37-23)22(31)17-28-24(32)21(6-4-19-8-12-26-13-9-19)7-5-20-10-14-27-15-11-20;;/h2-3,16,18-21,26-27,29H,4-15,17H2,1H3,(H,28,32)(H,33,34);2*1H. The van der Waals surface area contributed by atoms with Crippen molar-refractivity contribution in [3.05, 3.63) is 17.5 Å². The number of carbonyl (C=O) groups excluding carboxylic acids is 2. The number of carbonyl (C=O) groups is 3. The fourth-order valence-corrected chi connectivity index (χ4v) is 7.16. The van der Waals surface area contributed by atoms with Crippen LogP contribution in [0, 0.1) is 17.8 Å². The predicted molar refractivity (Wildman–Crippen MR) is 159 cm³/mol. The molecular formula is C25H43Cl2N5O6S2. The van der Waals surface area contributed by atoms with Gasteiger partial charge in [-0.15, -0.1) is 41.0 Å². The van der Waals surface area contributed by atoms with Crippen LogP contribution in [-0.4, -0.2) is 75.1 Å². The maximum absolute atomic E-state index is 13.2. The van der Waals surface area contributed by atoms with Crippen LogP contribution in [0.25, 0.3) is 0 Å². The summed E-state index contributed by atoms with van der Waals surface area (Å²) in [4.78, 5) is 39.9. The zero-order valence-corrected chi connectivity index (χ0v) is 26.1. The van der Waals surface area contributed by atoms with Crippen LogP contribution in [0.15, 0.2) is 21.7 Å². The number of halogens is 2. The van der Waals surface area contributed by atoms with E-state index in [2.05, 4.69) is 20.8 Å².